The van der Waals surface area contributed by atoms with E-state index in [9.17, 15) is 13.2 Å². The summed E-state index contributed by atoms with van der Waals surface area (Å²) >= 11 is 5.89. The zero-order valence-corrected chi connectivity index (χ0v) is 11.3. The lowest BCUT2D eigenvalue weighted by Crippen LogP contribution is -2.21. The zero-order chi connectivity index (χ0) is 14.2. The van der Waals surface area contributed by atoms with E-state index in [0.29, 0.717) is 23.7 Å². The fourth-order valence-electron chi connectivity index (χ4n) is 2.04. The van der Waals surface area contributed by atoms with Gasteiger partial charge in [-0.2, -0.15) is 0 Å². The van der Waals surface area contributed by atoms with Crippen molar-refractivity contribution in [2.24, 2.45) is 0 Å². The van der Waals surface area contributed by atoms with Crippen LogP contribution in [0.25, 0.3) is 0 Å². The summed E-state index contributed by atoms with van der Waals surface area (Å²) in [4.78, 5) is 1.70. The number of halogens is 4. The molecule has 1 aromatic carbocycles. The molecular formula is C13H13ClF3NO. The first kappa shape index (κ1) is 14.1. The Kier molecular flexibility index (Phi) is 3.67. The fraction of sp³-hybridized carbons (Fsp3) is 0.385. The second-order valence-corrected chi connectivity index (χ2v) is 4.91. The van der Waals surface area contributed by atoms with Crippen LogP contribution >= 0.6 is 11.6 Å². The van der Waals surface area contributed by atoms with Crippen molar-refractivity contribution >= 4 is 17.3 Å². The molecule has 0 fully saturated rings. The number of ether oxygens (including phenoxy) is 1. The summed E-state index contributed by atoms with van der Waals surface area (Å²) in [6.45, 7) is 4.17. The average Bonchev–Trinajstić information content (AvgIpc) is 2.68. The van der Waals surface area contributed by atoms with E-state index in [0.717, 1.165) is 11.1 Å². The number of benzene rings is 1. The van der Waals surface area contributed by atoms with E-state index in [4.69, 9.17) is 11.6 Å². The van der Waals surface area contributed by atoms with E-state index < -0.39 is 6.36 Å². The first-order valence-corrected chi connectivity index (χ1v) is 6.14. The van der Waals surface area contributed by atoms with Gasteiger partial charge < -0.3 is 9.64 Å². The smallest absolute Gasteiger partial charge is 0.404 e. The summed E-state index contributed by atoms with van der Waals surface area (Å²) in [6, 6.07) is 2.95. The fourth-order valence-corrected chi connectivity index (χ4v) is 2.24. The molecule has 19 heavy (non-hydrogen) atoms. The van der Waals surface area contributed by atoms with Crippen LogP contribution in [0.15, 0.2) is 23.4 Å². The molecule has 104 valence electrons. The molecule has 0 saturated heterocycles. The summed E-state index contributed by atoms with van der Waals surface area (Å²) in [5.74, 6) is -0.196. The predicted molar refractivity (Wildman–Crippen MR) is 68.5 cm³/mol. The maximum atomic E-state index is 12.4. The molecule has 1 aliphatic heterocycles. The third-order valence-electron chi connectivity index (χ3n) is 3.07. The van der Waals surface area contributed by atoms with Gasteiger partial charge in [-0.3, -0.25) is 0 Å². The van der Waals surface area contributed by atoms with Crippen molar-refractivity contribution in [3.8, 4) is 5.75 Å². The third kappa shape index (κ3) is 3.15. The summed E-state index contributed by atoms with van der Waals surface area (Å²) < 4.78 is 41.4. The maximum absolute atomic E-state index is 12.4. The Bertz CT molecular complexity index is 525. The number of hydrogen-bond donors (Lipinski definition) is 0. The molecule has 2 nitrogen and oxygen atoms in total. The van der Waals surface area contributed by atoms with Gasteiger partial charge in [0.05, 0.1) is 5.69 Å². The SMILES string of the molecule is Cc1ccc(OC(F)(F)F)c(N2C=C(Cl)CC2)c1C. The lowest BCUT2D eigenvalue weighted by atomic mass is 10.1. The van der Waals surface area contributed by atoms with Crippen LogP contribution in [0.4, 0.5) is 18.9 Å². The highest BCUT2D eigenvalue weighted by atomic mass is 35.5. The first-order chi connectivity index (χ1) is 8.78. The molecule has 0 bridgehead atoms. The third-order valence-corrected chi connectivity index (χ3v) is 3.35. The van der Waals surface area contributed by atoms with Crippen LogP contribution in [-0.2, 0) is 0 Å². The molecular weight excluding hydrogens is 279 g/mol. The van der Waals surface area contributed by atoms with Gasteiger partial charge in [-0.05, 0) is 31.0 Å². The van der Waals surface area contributed by atoms with E-state index in [1.807, 2.05) is 6.92 Å². The molecule has 1 aliphatic rings. The number of rotatable bonds is 2. The van der Waals surface area contributed by atoms with Gasteiger partial charge in [0, 0.05) is 24.2 Å². The van der Waals surface area contributed by atoms with Crippen molar-refractivity contribution in [2.45, 2.75) is 26.6 Å². The maximum Gasteiger partial charge on any atom is 0.573 e. The van der Waals surface area contributed by atoms with Crippen LogP contribution in [0.5, 0.6) is 5.75 Å². The highest BCUT2D eigenvalue weighted by molar-refractivity contribution is 6.30. The van der Waals surface area contributed by atoms with E-state index in [1.54, 1.807) is 24.1 Å². The quantitative estimate of drug-likeness (QED) is 0.796. The van der Waals surface area contributed by atoms with Gasteiger partial charge in [0.15, 0.2) is 5.75 Å². The highest BCUT2D eigenvalue weighted by Crippen LogP contribution is 2.39. The molecule has 0 spiro atoms. The lowest BCUT2D eigenvalue weighted by Gasteiger charge is -2.23. The summed E-state index contributed by atoms with van der Waals surface area (Å²) in [5.41, 5.74) is 2.08. The number of alkyl halides is 3. The van der Waals surface area contributed by atoms with Gasteiger partial charge in [-0.25, -0.2) is 0 Å². The minimum atomic E-state index is -4.70. The van der Waals surface area contributed by atoms with Crippen molar-refractivity contribution in [2.75, 3.05) is 11.4 Å². The zero-order valence-electron chi connectivity index (χ0n) is 10.5. The normalized spacial score (nSPS) is 15.7. The largest absolute Gasteiger partial charge is 0.573 e. The van der Waals surface area contributed by atoms with Gasteiger partial charge in [0.1, 0.15) is 0 Å². The number of nitrogens with zero attached hydrogens (tertiary/aromatic N) is 1. The molecule has 0 saturated carbocycles. The number of anilines is 1. The van der Waals surface area contributed by atoms with Gasteiger partial charge in [0.25, 0.3) is 0 Å². The Balaban J connectivity index is 2.47. The van der Waals surface area contributed by atoms with Crippen LogP contribution in [0.1, 0.15) is 17.5 Å². The molecule has 0 N–H and O–H groups in total. The number of hydrogen-bond acceptors (Lipinski definition) is 2. The van der Waals surface area contributed by atoms with E-state index >= 15 is 0 Å². The van der Waals surface area contributed by atoms with Gasteiger partial charge in [0.2, 0.25) is 0 Å². The minimum Gasteiger partial charge on any atom is -0.404 e. The number of aryl methyl sites for hydroxylation is 1. The molecule has 0 atom stereocenters. The van der Waals surface area contributed by atoms with Crippen LogP contribution in [0, 0.1) is 13.8 Å². The van der Waals surface area contributed by atoms with Gasteiger partial charge in [-0.1, -0.05) is 17.7 Å². The summed E-state index contributed by atoms with van der Waals surface area (Å²) in [5, 5.41) is 0.624. The molecule has 0 unspecified atom stereocenters. The van der Waals surface area contributed by atoms with Crippen LogP contribution < -0.4 is 9.64 Å². The summed E-state index contributed by atoms with van der Waals surface area (Å²) in [6.07, 6.45) is -2.43. The summed E-state index contributed by atoms with van der Waals surface area (Å²) in [7, 11) is 0. The monoisotopic (exact) mass is 291 g/mol. The van der Waals surface area contributed by atoms with Crippen LogP contribution in [0.2, 0.25) is 0 Å². The molecule has 6 heteroatoms. The van der Waals surface area contributed by atoms with E-state index in [-0.39, 0.29) is 5.75 Å². The Morgan fingerprint density at radius 2 is 1.95 bits per heavy atom. The standard InChI is InChI=1S/C13H13ClF3NO/c1-8-3-4-11(19-13(15,16)17)12(9(8)2)18-6-5-10(14)7-18/h3-4,7H,5-6H2,1-2H3. The molecule has 1 aromatic rings. The second kappa shape index (κ2) is 4.96. The Morgan fingerprint density at radius 3 is 2.47 bits per heavy atom. The highest BCUT2D eigenvalue weighted by Gasteiger charge is 2.33. The Morgan fingerprint density at radius 1 is 1.26 bits per heavy atom. The Hall–Kier alpha value is -1.36. The first-order valence-electron chi connectivity index (χ1n) is 5.77. The molecule has 1 heterocycles. The predicted octanol–water partition coefficient (Wildman–Crippen LogP) is 4.49. The van der Waals surface area contributed by atoms with Crippen LogP contribution in [0.3, 0.4) is 0 Å². The second-order valence-electron chi connectivity index (χ2n) is 4.42. The van der Waals surface area contributed by atoms with Crippen molar-refractivity contribution in [1.82, 2.24) is 0 Å². The lowest BCUT2D eigenvalue weighted by molar-refractivity contribution is -0.274. The van der Waals surface area contributed by atoms with Gasteiger partial charge in [-0.15, -0.1) is 13.2 Å². The molecule has 0 radical (unpaired) electrons. The van der Waals surface area contributed by atoms with E-state index in [2.05, 4.69) is 4.74 Å². The average molecular weight is 292 g/mol. The molecule has 0 amide bonds. The molecule has 2 rings (SSSR count). The van der Waals surface area contributed by atoms with Gasteiger partial charge >= 0.3 is 6.36 Å². The van der Waals surface area contributed by atoms with Crippen LogP contribution in [-0.4, -0.2) is 12.9 Å². The Labute approximate surface area is 114 Å². The molecule has 0 aliphatic carbocycles. The van der Waals surface area contributed by atoms with E-state index in [1.165, 1.54) is 6.07 Å². The van der Waals surface area contributed by atoms with Crippen molar-refractivity contribution < 1.29 is 17.9 Å². The van der Waals surface area contributed by atoms with Crippen molar-refractivity contribution in [3.05, 3.63) is 34.5 Å². The molecule has 0 aromatic heterocycles. The topological polar surface area (TPSA) is 12.5 Å². The van der Waals surface area contributed by atoms with Crippen molar-refractivity contribution in [3.63, 3.8) is 0 Å². The minimum absolute atomic E-state index is 0.196. The van der Waals surface area contributed by atoms with Crippen molar-refractivity contribution in [1.29, 1.82) is 0 Å².